The highest BCUT2D eigenvalue weighted by atomic mass is 32.2. The average molecular weight is 242 g/mol. The van der Waals surface area contributed by atoms with E-state index in [1.807, 2.05) is 0 Å². The van der Waals surface area contributed by atoms with Gasteiger partial charge in [-0.05, 0) is 6.92 Å². The standard InChI is InChI=1S/C8H7FN4O2S/c1-4-6(8(14)15)16(13-12-4)7-5(9)2-10-3-11-7/h2-3,16H,1H3,(H,14,15). The second kappa shape index (κ2) is 3.97. The van der Waals surface area contributed by atoms with Crippen molar-refractivity contribution in [1.82, 2.24) is 9.97 Å². The molecule has 2 heterocycles. The van der Waals surface area contributed by atoms with Gasteiger partial charge in [0.25, 0.3) is 0 Å². The van der Waals surface area contributed by atoms with E-state index in [2.05, 4.69) is 19.6 Å². The third-order valence-electron chi connectivity index (χ3n) is 1.89. The van der Waals surface area contributed by atoms with Crippen LogP contribution < -0.4 is 0 Å². The summed E-state index contributed by atoms with van der Waals surface area (Å²) >= 11 is -1.69. The molecule has 0 aromatic carbocycles. The maximum atomic E-state index is 13.4. The van der Waals surface area contributed by atoms with Crippen LogP contribution >= 0.6 is 11.1 Å². The summed E-state index contributed by atoms with van der Waals surface area (Å²) in [4.78, 5) is 18.2. The van der Waals surface area contributed by atoms with Gasteiger partial charge in [0, 0.05) is 0 Å². The topological polar surface area (TPSA) is 87.8 Å². The third-order valence-corrected chi connectivity index (χ3v) is 3.83. The Morgan fingerprint density at radius 3 is 2.94 bits per heavy atom. The second-order valence-corrected chi connectivity index (χ2v) is 4.61. The predicted molar refractivity (Wildman–Crippen MR) is 54.4 cm³/mol. The number of allylic oxidation sites excluding steroid dienone is 1. The number of nitrogens with zero attached hydrogens (tertiary/aromatic N) is 4. The molecule has 2 rings (SSSR count). The van der Waals surface area contributed by atoms with Crippen LogP contribution in [0.3, 0.4) is 0 Å². The molecule has 1 aliphatic heterocycles. The van der Waals surface area contributed by atoms with Gasteiger partial charge in [-0.15, -0.1) is 9.63 Å². The number of rotatable bonds is 2. The molecule has 1 unspecified atom stereocenters. The minimum Gasteiger partial charge on any atom is -0.477 e. The van der Waals surface area contributed by atoms with Crippen LogP contribution in [0, 0.1) is 5.82 Å². The molecule has 0 saturated carbocycles. The Morgan fingerprint density at radius 1 is 1.56 bits per heavy atom. The van der Waals surface area contributed by atoms with Crippen molar-refractivity contribution in [3.05, 3.63) is 28.9 Å². The lowest BCUT2D eigenvalue weighted by atomic mass is 10.4. The number of hydrogen-bond donors (Lipinski definition) is 2. The van der Waals surface area contributed by atoms with Crippen LogP contribution in [0.1, 0.15) is 6.92 Å². The molecule has 1 N–H and O–H groups in total. The maximum Gasteiger partial charge on any atom is 0.344 e. The monoisotopic (exact) mass is 242 g/mol. The summed E-state index contributed by atoms with van der Waals surface area (Å²) in [6.07, 6.45) is 2.14. The number of hydrogen-bond acceptors (Lipinski definition) is 5. The summed E-state index contributed by atoms with van der Waals surface area (Å²) in [6, 6.07) is 0. The number of halogens is 1. The van der Waals surface area contributed by atoms with Crippen molar-refractivity contribution in [2.24, 2.45) is 9.63 Å². The molecule has 0 saturated heterocycles. The minimum atomic E-state index is -1.69. The molecule has 0 fully saturated rings. The van der Waals surface area contributed by atoms with Crippen LogP contribution in [0.2, 0.25) is 0 Å². The van der Waals surface area contributed by atoms with Gasteiger partial charge in [-0.3, -0.25) is 0 Å². The predicted octanol–water partition coefficient (Wildman–Crippen LogP) is 1.67. The number of carboxylic acid groups (broad SMARTS) is 1. The molecule has 0 amide bonds. The molecule has 1 aromatic rings. The largest absolute Gasteiger partial charge is 0.477 e. The molecule has 1 aromatic heterocycles. The highest BCUT2D eigenvalue weighted by Gasteiger charge is 2.29. The molecule has 0 radical (unpaired) electrons. The molecular weight excluding hydrogens is 235 g/mol. The fourth-order valence-corrected chi connectivity index (χ4v) is 2.78. The van der Waals surface area contributed by atoms with E-state index in [-0.39, 0.29) is 15.6 Å². The fourth-order valence-electron chi connectivity index (χ4n) is 1.21. The van der Waals surface area contributed by atoms with Crippen molar-refractivity contribution in [2.45, 2.75) is 11.9 Å². The first-order chi connectivity index (χ1) is 7.61. The minimum absolute atomic E-state index is 0.00704. The van der Waals surface area contributed by atoms with E-state index < -0.39 is 22.9 Å². The lowest BCUT2D eigenvalue weighted by Gasteiger charge is -2.11. The van der Waals surface area contributed by atoms with Gasteiger partial charge in [-0.2, -0.15) is 0 Å². The van der Waals surface area contributed by atoms with Gasteiger partial charge in [-0.25, -0.2) is 19.2 Å². The zero-order chi connectivity index (χ0) is 11.7. The lowest BCUT2D eigenvalue weighted by molar-refractivity contribution is -0.131. The van der Waals surface area contributed by atoms with Gasteiger partial charge in [-0.1, -0.05) is 11.1 Å². The normalized spacial score (nSPS) is 21.5. The van der Waals surface area contributed by atoms with E-state index in [9.17, 15) is 9.18 Å². The molecule has 1 aliphatic rings. The third kappa shape index (κ3) is 1.67. The van der Waals surface area contributed by atoms with Crippen molar-refractivity contribution in [3.63, 3.8) is 0 Å². The zero-order valence-corrected chi connectivity index (χ0v) is 9.02. The summed E-state index contributed by atoms with van der Waals surface area (Å²) in [6.45, 7) is 1.52. The van der Waals surface area contributed by atoms with E-state index >= 15 is 0 Å². The van der Waals surface area contributed by atoms with Gasteiger partial charge in [0.2, 0.25) is 0 Å². The van der Waals surface area contributed by atoms with Gasteiger partial charge >= 0.3 is 5.97 Å². The first-order valence-electron chi connectivity index (χ1n) is 4.22. The first kappa shape index (κ1) is 10.7. The van der Waals surface area contributed by atoms with Crippen LogP contribution in [0.5, 0.6) is 0 Å². The molecule has 0 bridgehead atoms. The van der Waals surface area contributed by atoms with Gasteiger partial charge in [0.1, 0.15) is 16.3 Å². The second-order valence-electron chi connectivity index (χ2n) is 2.93. The Hall–Kier alpha value is -1.83. The molecule has 0 aliphatic carbocycles. The Morgan fingerprint density at radius 2 is 2.31 bits per heavy atom. The molecule has 84 valence electrons. The van der Waals surface area contributed by atoms with E-state index in [1.54, 1.807) is 0 Å². The SMILES string of the molecule is CC1=C(C(=O)O)[SH](c2ncncc2F)N=N1. The Balaban J connectivity index is 2.48. The molecule has 0 spiro atoms. The molecule has 1 atom stereocenters. The lowest BCUT2D eigenvalue weighted by Crippen LogP contribution is -2.03. The van der Waals surface area contributed by atoms with Crippen molar-refractivity contribution < 1.29 is 14.3 Å². The van der Waals surface area contributed by atoms with Crippen molar-refractivity contribution in [2.75, 3.05) is 0 Å². The van der Waals surface area contributed by atoms with Crippen LogP contribution in [0.15, 0.2) is 37.8 Å². The summed E-state index contributed by atoms with van der Waals surface area (Å²) in [5.74, 6) is -1.81. The Kier molecular flexibility index (Phi) is 2.65. The van der Waals surface area contributed by atoms with E-state index in [1.165, 1.54) is 6.92 Å². The summed E-state index contributed by atoms with van der Waals surface area (Å²) in [5.41, 5.74) is 0.289. The van der Waals surface area contributed by atoms with E-state index in [4.69, 9.17) is 5.11 Å². The molecular formula is C8H7FN4O2S. The molecule has 16 heavy (non-hydrogen) atoms. The van der Waals surface area contributed by atoms with E-state index in [0.717, 1.165) is 12.5 Å². The Labute approximate surface area is 92.4 Å². The van der Waals surface area contributed by atoms with Crippen molar-refractivity contribution in [1.29, 1.82) is 0 Å². The molecule has 6 nitrogen and oxygen atoms in total. The molecule has 8 heteroatoms. The van der Waals surface area contributed by atoms with Crippen LogP contribution in [0.4, 0.5) is 4.39 Å². The zero-order valence-electron chi connectivity index (χ0n) is 8.12. The quantitative estimate of drug-likeness (QED) is 0.610. The highest BCUT2D eigenvalue weighted by molar-refractivity contribution is 8.20. The maximum absolute atomic E-state index is 13.4. The van der Waals surface area contributed by atoms with Gasteiger partial charge in [0.15, 0.2) is 5.82 Å². The first-order valence-corrected chi connectivity index (χ1v) is 5.52. The average Bonchev–Trinajstić information content (AvgIpc) is 2.61. The highest BCUT2D eigenvalue weighted by Crippen LogP contribution is 2.50. The summed E-state index contributed by atoms with van der Waals surface area (Å²) in [7, 11) is 0. The fraction of sp³-hybridized carbons (Fsp3) is 0.125. The number of aromatic nitrogens is 2. The van der Waals surface area contributed by atoms with Crippen LogP contribution in [-0.2, 0) is 4.79 Å². The number of thiol groups is 1. The van der Waals surface area contributed by atoms with Gasteiger partial charge < -0.3 is 5.11 Å². The number of aliphatic carboxylic acids is 1. The van der Waals surface area contributed by atoms with Gasteiger partial charge in [0.05, 0.1) is 11.9 Å². The summed E-state index contributed by atoms with van der Waals surface area (Å²) in [5, 5.41) is 12.6. The van der Waals surface area contributed by atoms with E-state index in [0.29, 0.717) is 0 Å². The van der Waals surface area contributed by atoms with Crippen molar-refractivity contribution in [3.8, 4) is 0 Å². The van der Waals surface area contributed by atoms with Crippen molar-refractivity contribution >= 4 is 17.1 Å². The number of carbonyl (C=O) groups is 1. The number of carboxylic acids is 1. The Bertz CT molecular complexity index is 517. The van der Waals surface area contributed by atoms with Crippen LogP contribution in [-0.4, -0.2) is 21.0 Å². The smallest absolute Gasteiger partial charge is 0.344 e. The summed E-state index contributed by atoms with van der Waals surface area (Å²) < 4.78 is 17.1. The van der Waals surface area contributed by atoms with Crippen LogP contribution in [0.25, 0.3) is 0 Å².